The van der Waals surface area contributed by atoms with Gasteiger partial charge in [0.1, 0.15) is 5.75 Å². The molecule has 0 amide bonds. The van der Waals surface area contributed by atoms with Crippen LogP contribution in [0.15, 0.2) is 59.5 Å². The fourth-order valence-corrected chi connectivity index (χ4v) is 4.47. The van der Waals surface area contributed by atoms with E-state index in [1.165, 1.54) is 10.4 Å². The van der Waals surface area contributed by atoms with Gasteiger partial charge in [0.2, 0.25) is 10.0 Å². The molecule has 0 atom stereocenters. The minimum absolute atomic E-state index is 0.167. The molecule has 0 N–H and O–H groups in total. The first kappa shape index (κ1) is 20.6. The molecule has 0 unspecified atom stereocenters. The van der Waals surface area contributed by atoms with Gasteiger partial charge < -0.3 is 4.74 Å². The largest absolute Gasteiger partial charge is 0.484 e. The zero-order valence-corrected chi connectivity index (χ0v) is 15.9. The van der Waals surface area contributed by atoms with Crippen LogP contribution in [-0.4, -0.2) is 56.6 Å². The molecule has 0 radical (unpaired) electrons. The van der Waals surface area contributed by atoms with Crippen LogP contribution < -0.4 is 4.74 Å². The number of alkyl halides is 3. The fourth-order valence-electron chi connectivity index (χ4n) is 3.03. The van der Waals surface area contributed by atoms with Crippen LogP contribution in [0.1, 0.15) is 5.56 Å². The number of hydrogen-bond donors (Lipinski definition) is 0. The summed E-state index contributed by atoms with van der Waals surface area (Å²) < 4.78 is 68.4. The summed E-state index contributed by atoms with van der Waals surface area (Å²) in [6, 6.07) is 14.8. The molecule has 0 bridgehead atoms. The van der Waals surface area contributed by atoms with Crippen LogP contribution in [0.3, 0.4) is 0 Å². The first-order valence-electron chi connectivity index (χ1n) is 8.80. The van der Waals surface area contributed by atoms with Gasteiger partial charge in [-0.05, 0) is 29.8 Å². The van der Waals surface area contributed by atoms with E-state index in [0.717, 1.165) is 5.56 Å². The maximum Gasteiger partial charge on any atom is 0.422 e. The van der Waals surface area contributed by atoms with Gasteiger partial charge >= 0.3 is 6.18 Å². The molecule has 5 nitrogen and oxygen atoms in total. The molecule has 0 aromatic heterocycles. The molecule has 0 spiro atoms. The third kappa shape index (κ3) is 5.46. The third-order valence-electron chi connectivity index (χ3n) is 4.42. The minimum Gasteiger partial charge on any atom is -0.484 e. The quantitative estimate of drug-likeness (QED) is 0.729. The van der Waals surface area contributed by atoms with E-state index in [4.69, 9.17) is 4.74 Å². The Bertz CT molecular complexity index is 881. The summed E-state index contributed by atoms with van der Waals surface area (Å²) in [5.74, 6) is 0.167. The molecule has 1 fully saturated rings. The van der Waals surface area contributed by atoms with E-state index in [1.54, 1.807) is 42.5 Å². The molecule has 2 aromatic carbocycles. The summed E-state index contributed by atoms with van der Waals surface area (Å²) in [5.41, 5.74) is 0.819. The average Bonchev–Trinajstić information content (AvgIpc) is 2.67. The number of benzene rings is 2. The molecule has 1 heterocycles. The van der Waals surface area contributed by atoms with Crippen LogP contribution in [-0.2, 0) is 16.6 Å². The van der Waals surface area contributed by atoms with E-state index in [0.29, 0.717) is 32.7 Å². The number of ether oxygens (including phenoxy) is 1. The number of rotatable bonds is 6. The van der Waals surface area contributed by atoms with Crippen LogP contribution in [0.2, 0.25) is 0 Å². The van der Waals surface area contributed by atoms with E-state index in [2.05, 4.69) is 4.90 Å². The third-order valence-corrected chi connectivity index (χ3v) is 6.33. The molecule has 3 rings (SSSR count). The Kier molecular flexibility index (Phi) is 6.26. The molecular weight excluding hydrogens is 393 g/mol. The second-order valence-corrected chi connectivity index (χ2v) is 8.48. The number of halogens is 3. The Morgan fingerprint density at radius 3 is 2.25 bits per heavy atom. The smallest absolute Gasteiger partial charge is 0.422 e. The van der Waals surface area contributed by atoms with Crippen LogP contribution in [0.5, 0.6) is 5.75 Å². The lowest BCUT2D eigenvalue weighted by atomic mass is 10.2. The number of hydrogen-bond acceptors (Lipinski definition) is 4. The van der Waals surface area contributed by atoms with Crippen molar-refractivity contribution >= 4 is 10.0 Å². The van der Waals surface area contributed by atoms with Crippen LogP contribution in [0.25, 0.3) is 0 Å². The summed E-state index contributed by atoms with van der Waals surface area (Å²) >= 11 is 0. The molecule has 2 aromatic rings. The van der Waals surface area contributed by atoms with Gasteiger partial charge in [0, 0.05) is 32.7 Å². The average molecular weight is 414 g/mol. The topological polar surface area (TPSA) is 49.9 Å². The second kappa shape index (κ2) is 8.50. The summed E-state index contributed by atoms with van der Waals surface area (Å²) in [4.78, 5) is 2.35. The zero-order valence-electron chi connectivity index (χ0n) is 15.1. The highest BCUT2D eigenvalue weighted by atomic mass is 32.2. The van der Waals surface area contributed by atoms with Crippen molar-refractivity contribution in [1.29, 1.82) is 0 Å². The summed E-state index contributed by atoms with van der Waals surface area (Å²) in [5, 5.41) is 0. The van der Waals surface area contributed by atoms with E-state index in [-0.39, 0.29) is 10.6 Å². The van der Waals surface area contributed by atoms with Crippen molar-refractivity contribution < 1.29 is 26.3 Å². The standard InChI is InChI=1S/C19H21F3N2O3S/c20-19(21,22)15-27-17-6-4-5-16(13-17)14-23-9-11-24(12-10-23)28(25,26)18-7-2-1-3-8-18/h1-8,13H,9-12,14-15H2. The summed E-state index contributed by atoms with van der Waals surface area (Å²) in [6.07, 6.45) is -4.38. The lowest BCUT2D eigenvalue weighted by Crippen LogP contribution is -2.48. The minimum atomic E-state index is -4.38. The molecule has 1 aliphatic rings. The molecule has 0 aliphatic carbocycles. The first-order chi connectivity index (χ1) is 13.2. The van der Waals surface area contributed by atoms with Gasteiger partial charge in [0.15, 0.2) is 6.61 Å². The summed E-state index contributed by atoms with van der Waals surface area (Å²) in [6.45, 7) is 0.997. The van der Waals surface area contributed by atoms with Crippen molar-refractivity contribution in [1.82, 2.24) is 9.21 Å². The van der Waals surface area contributed by atoms with Gasteiger partial charge in [-0.3, -0.25) is 4.90 Å². The van der Waals surface area contributed by atoms with Gasteiger partial charge in [-0.15, -0.1) is 0 Å². The Morgan fingerprint density at radius 2 is 1.61 bits per heavy atom. The highest BCUT2D eigenvalue weighted by Crippen LogP contribution is 2.21. The Morgan fingerprint density at radius 1 is 0.929 bits per heavy atom. The van der Waals surface area contributed by atoms with Gasteiger partial charge in [-0.2, -0.15) is 17.5 Å². The Labute approximate surface area is 162 Å². The lowest BCUT2D eigenvalue weighted by molar-refractivity contribution is -0.153. The van der Waals surface area contributed by atoms with Crippen molar-refractivity contribution in [3.63, 3.8) is 0 Å². The monoisotopic (exact) mass is 414 g/mol. The van der Waals surface area contributed by atoms with Crippen LogP contribution in [0, 0.1) is 0 Å². The summed E-state index contributed by atoms with van der Waals surface area (Å²) in [7, 11) is -3.51. The molecule has 1 saturated heterocycles. The van der Waals surface area contributed by atoms with Crippen LogP contribution >= 0.6 is 0 Å². The first-order valence-corrected chi connectivity index (χ1v) is 10.2. The lowest BCUT2D eigenvalue weighted by Gasteiger charge is -2.34. The molecule has 9 heteroatoms. The van der Waals surface area contributed by atoms with Gasteiger partial charge in [0.25, 0.3) is 0 Å². The van der Waals surface area contributed by atoms with Crippen molar-refractivity contribution in [3.8, 4) is 5.75 Å². The molecule has 28 heavy (non-hydrogen) atoms. The molecular formula is C19H21F3N2O3S. The van der Waals surface area contributed by atoms with E-state index < -0.39 is 22.8 Å². The van der Waals surface area contributed by atoms with E-state index >= 15 is 0 Å². The van der Waals surface area contributed by atoms with E-state index in [1.807, 2.05) is 6.07 Å². The number of piperazine rings is 1. The van der Waals surface area contributed by atoms with Crippen molar-refractivity contribution in [3.05, 3.63) is 60.2 Å². The van der Waals surface area contributed by atoms with Gasteiger partial charge in [0.05, 0.1) is 4.90 Å². The van der Waals surface area contributed by atoms with Crippen molar-refractivity contribution in [2.45, 2.75) is 17.6 Å². The predicted octanol–water partition coefficient (Wildman–Crippen LogP) is 3.13. The highest BCUT2D eigenvalue weighted by Gasteiger charge is 2.29. The van der Waals surface area contributed by atoms with Crippen molar-refractivity contribution in [2.24, 2.45) is 0 Å². The fraction of sp³-hybridized carbons (Fsp3) is 0.368. The molecule has 152 valence electrons. The highest BCUT2D eigenvalue weighted by molar-refractivity contribution is 7.89. The van der Waals surface area contributed by atoms with Gasteiger partial charge in [-0.25, -0.2) is 8.42 Å². The Balaban J connectivity index is 1.56. The SMILES string of the molecule is O=S(=O)(c1ccccc1)N1CCN(Cc2cccc(OCC(F)(F)F)c2)CC1. The maximum atomic E-state index is 12.6. The maximum absolute atomic E-state index is 12.6. The second-order valence-electron chi connectivity index (χ2n) is 6.54. The van der Waals surface area contributed by atoms with Crippen molar-refractivity contribution in [2.75, 3.05) is 32.8 Å². The zero-order chi connectivity index (χ0) is 20.2. The molecule has 1 aliphatic heterocycles. The molecule has 0 saturated carbocycles. The van der Waals surface area contributed by atoms with E-state index in [9.17, 15) is 21.6 Å². The normalized spacial score (nSPS) is 16.8. The van der Waals surface area contributed by atoms with Crippen LogP contribution in [0.4, 0.5) is 13.2 Å². The number of nitrogens with zero attached hydrogens (tertiary/aromatic N) is 2. The Hall–Kier alpha value is -2.10. The predicted molar refractivity (Wildman–Crippen MR) is 98.5 cm³/mol. The van der Waals surface area contributed by atoms with Gasteiger partial charge in [-0.1, -0.05) is 30.3 Å². The number of sulfonamides is 1.